The van der Waals surface area contributed by atoms with Gasteiger partial charge in [-0.2, -0.15) is 0 Å². The smallest absolute Gasteiger partial charge is 0.278 e. The number of nitrogens with zero attached hydrogens (tertiary/aromatic N) is 1. The molecule has 2 aromatic carbocycles. The molecule has 0 saturated carbocycles. The van der Waals surface area contributed by atoms with Crippen LogP contribution in [0.25, 0.3) is 10.8 Å². The SMILES string of the molecule is Nc1cccnc1C(=O)NC(=O)c1cccc2ccccc12. The first-order valence-electron chi connectivity index (χ1n) is 6.71. The first-order chi connectivity index (χ1) is 10.7. The molecular formula is C17H13N3O2. The van der Waals surface area contributed by atoms with E-state index in [0.29, 0.717) is 5.56 Å². The summed E-state index contributed by atoms with van der Waals surface area (Å²) in [6.45, 7) is 0. The second kappa shape index (κ2) is 5.65. The maximum Gasteiger partial charge on any atom is 0.278 e. The van der Waals surface area contributed by atoms with E-state index in [-0.39, 0.29) is 11.4 Å². The first kappa shape index (κ1) is 13.8. The van der Waals surface area contributed by atoms with Crippen molar-refractivity contribution >= 4 is 28.3 Å². The largest absolute Gasteiger partial charge is 0.397 e. The predicted molar refractivity (Wildman–Crippen MR) is 84.4 cm³/mol. The van der Waals surface area contributed by atoms with Crippen molar-refractivity contribution in [3.05, 3.63) is 72.1 Å². The molecule has 0 aliphatic carbocycles. The molecule has 0 aliphatic rings. The summed E-state index contributed by atoms with van der Waals surface area (Å²) in [4.78, 5) is 28.4. The van der Waals surface area contributed by atoms with Crippen LogP contribution in [0, 0.1) is 0 Å². The molecule has 5 nitrogen and oxygen atoms in total. The van der Waals surface area contributed by atoms with Crippen molar-refractivity contribution < 1.29 is 9.59 Å². The Bertz CT molecular complexity index is 869. The Morgan fingerprint density at radius 2 is 1.68 bits per heavy atom. The molecule has 2 amide bonds. The molecule has 0 bridgehead atoms. The molecule has 0 atom stereocenters. The average molecular weight is 291 g/mol. The Morgan fingerprint density at radius 3 is 2.50 bits per heavy atom. The van der Waals surface area contributed by atoms with Gasteiger partial charge < -0.3 is 5.73 Å². The average Bonchev–Trinajstić information content (AvgIpc) is 2.54. The minimum atomic E-state index is -0.615. The number of hydrogen-bond acceptors (Lipinski definition) is 4. The molecule has 3 N–H and O–H groups in total. The van der Waals surface area contributed by atoms with Crippen molar-refractivity contribution in [1.29, 1.82) is 0 Å². The van der Waals surface area contributed by atoms with Crippen LogP contribution in [-0.2, 0) is 0 Å². The van der Waals surface area contributed by atoms with Gasteiger partial charge in [-0.15, -0.1) is 0 Å². The summed E-state index contributed by atoms with van der Waals surface area (Å²) >= 11 is 0. The maximum absolute atomic E-state index is 12.4. The van der Waals surface area contributed by atoms with Crippen molar-refractivity contribution in [3.8, 4) is 0 Å². The minimum Gasteiger partial charge on any atom is -0.397 e. The normalized spacial score (nSPS) is 10.4. The van der Waals surface area contributed by atoms with Crippen LogP contribution in [0.2, 0.25) is 0 Å². The van der Waals surface area contributed by atoms with E-state index < -0.39 is 11.8 Å². The summed E-state index contributed by atoms with van der Waals surface area (Å²) < 4.78 is 0. The number of rotatable bonds is 2. The van der Waals surface area contributed by atoms with E-state index in [2.05, 4.69) is 10.3 Å². The Labute approximate surface area is 126 Å². The molecule has 1 heterocycles. The number of pyridine rings is 1. The van der Waals surface area contributed by atoms with Crippen LogP contribution in [0.4, 0.5) is 5.69 Å². The zero-order chi connectivity index (χ0) is 15.5. The highest BCUT2D eigenvalue weighted by Crippen LogP contribution is 2.18. The quantitative estimate of drug-likeness (QED) is 0.710. The van der Waals surface area contributed by atoms with Crippen molar-refractivity contribution in [2.45, 2.75) is 0 Å². The Kier molecular flexibility index (Phi) is 3.53. The lowest BCUT2D eigenvalue weighted by Crippen LogP contribution is -2.31. The summed E-state index contributed by atoms with van der Waals surface area (Å²) in [5.74, 6) is -1.09. The number of carbonyl (C=O) groups excluding carboxylic acids is 2. The highest BCUT2D eigenvalue weighted by molar-refractivity contribution is 6.15. The molecule has 5 heteroatoms. The predicted octanol–water partition coefficient (Wildman–Crippen LogP) is 2.39. The number of nitrogen functional groups attached to an aromatic ring is 1. The molecule has 3 rings (SSSR count). The topological polar surface area (TPSA) is 85.1 Å². The van der Waals surface area contributed by atoms with E-state index in [0.717, 1.165) is 10.8 Å². The number of imide groups is 1. The Balaban J connectivity index is 1.91. The third-order valence-corrected chi connectivity index (χ3v) is 3.32. The van der Waals surface area contributed by atoms with Crippen molar-refractivity contribution in [1.82, 2.24) is 10.3 Å². The van der Waals surface area contributed by atoms with E-state index in [4.69, 9.17) is 5.73 Å². The number of amides is 2. The van der Waals surface area contributed by atoms with Gasteiger partial charge in [-0.25, -0.2) is 4.98 Å². The van der Waals surface area contributed by atoms with Gasteiger partial charge in [-0.3, -0.25) is 14.9 Å². The molecule has 3 aromatic rings. The van der Waals surface area contributed by atoms with E-state index >= 15 is 0 Å². The standard InChI is InChI=1S/C17H13N3O2/c18-14-9-4-10-19-15(14)17(22)20-16(21)13-8-3-6-11-5-1-2-7-12(11)13/h1-10H,18H2,(H,20,21,22). The van der Waals surface area contributed by atoms with Gasteiger partial charge in [0.25, 0.3) is 11.8 Å². The third kappa shape index (κ3) is 2.52. The molecule has 0 aliphatic heterocycles. The van der Waals surface area contributed by atoms with Crippen molar-refractivity contribution in [2.24, 2.45) is 0 Å². The summed E-state index contributed by atoms with van der Waals surface area (Å²) in [6, 6.07) is 16.0. The first-order valence-corrected chi connectivity index (χ1v) is 6.71. The van der Waals surface area contributed by atoms with Crippen LogP contribution in [0.1, 0.15) is 20.8 Å². The number of nitrogens with two attached hydrogens (primary N) is 1. The zero-order valence-corrected chi connectivity index (χ0v) is 11.6. The summed E-state index contributed by atoms with van der Waals surface area (Å²) in [7, 11) is 0. The number of anilines is 1. The van der Waals surface area contributed by atoms with Crippen LogP contribution in [0.5, 0.6) is 0 Å². The lowest BCUT2D eigenvalue weighted by Gasteiger charge is -2.08. The van der Waals surface area contributed by atoms with Gasteiger partial charge in [0.15, 0.2) is 5.69 Å². The molecule has 22 heavy (non-hydrogen) atoms. The van der Waals surface area contributed by atoms with Gasteiger partial charge >= 0.3 is 0 Å². The summed E-state index contributed by atoms with van der Waals surface area (Å²) in [5.41, 5.74) is 6.39. The molecule has 1 aromatic heterocycles. The fourth-order valence-electron chi connectivity index (χ4n) is 2.26. The van der Waals surface area contributed by atoms with Crippen LogP contribution in [-0.4, -0.2) is 16.8 Å². The van der Waals surface area contributed by atoms with Crippen LogP contribution < -0.4 is 11.1 Å². The molecule has 0 fully saturated rings. The highest BCUT2D eigenvalue weighted by atomic mass is 16.2. The number of aromatic nitrogens is 1. The van der Waals surface area contributed by atoms with Crippen molar-refractivity contribution in [2.75, 3.05) is 5.73 Å². The molecule has 0 radical (unpaired) electrons. The van der Waals surface area contributed by atoms with E-state index in [1.807, 2.05) is 30.3 Å². The number of hydrogen-bond donors (Lipinski definition) is 2. The Hall–Kier alpha value is -3.21. The second-order valence-electron chi connectivity index (χ2n) is 4.75. The molecule has 0 saturated heterocycles. The van der Waals surface area contributed by atoms with Crippen LogP contribution >= 0.6 is 0 Å². The fraction of sp³-hybridized carbons (Fsp3) is 0. The summed E-state index contributed by atoms with van der Waals surface area (Å²) in [5, 5.41) is 4.04. The van der Waals surface area contributed by atoms with E-state index in [1.54, 1.807) is 24.3 Å². The lowest BCUT2D eigenvalue weighted by molar-refractivity contribution is 0.0848. The second-order valence-corrected chi connectivity index (χ2v) is 4.75. The highest BCUT2D eigenvalue weighted by Gasteiger charge is 2.16. The van der Waals surface area contributed by atoms with Crippen LogP contribution in [0.3, 0.4) is 0 Å². The van der Waals surface area contributed by atoms with Crippen LogP contribution in [0.15, 0.2) is 60.8 Å². The number of fused-ring (bicyclic) bond motifs is 1. The zero-order valence-electron chi connectivity index (χ0n) is 11.6. The monoisotopic (exact) mass is 291 g/mol. The van der Waals surface area contributed by atoms with Gasteiger partial charge in [-0.1, -0.05) is 36.4 Å². The number of nitrogens with one attached hydrogen (secondary N) is 1. The van der Waals surface area contributed by atoms with Gasteiger partial charge in [0.05, 0.1) is 5.69 Å². The number of benzene rings is 2. The maximum atomic E-state index is 12.4. The molecule has 0 unspecified atom stereocenters. The summed E-state index contributed by atoms with van der Waals surface area (Å²) in [6.07, 6.45) is 1.45. The minimum absolute atomic E-state index is 0.0380. The van der Waals surface area contributed by atoms with Gasteiger partial charge in [0.1, 0.15) is 0 Å². The van der Waals surface area contributed by atoms with Gasteiger partial charge in [0.2, 0.25) is 0 Å². The van der Waals surface area contributed by atoms with E-state index in [1.165, 1.54) is 6.20 Å². The van der Waals surface area contributed by atoms with E-state index in [9.17, 15) is 9.59 Å². The van der Waals surface area contributed by atoms with Gasteiger partial charge in [-0.05, 0) is 29.0 Å². The Morgan fingerprint density at radius 1 is 0.909 bits per heavy atom. The van der Waals surface area contributed by atoms with Gasteiger partial charge in [0, 0.05) is 11.8 Å². The van der Waals surface area contributed by atoms with Crippen molar-refractivity contribution in [3.63, 3.8) is 0 Å². The molecular weight excluding hydrogens is 278 g/mol. The fourth-order valence-corrected chi connectivity index (χ4v) is 2.26. The lowest BCUT2D eigenvalue weighted by atomic mass is 10.0. The molecule has 0 spiro atoms. The number of carbonyl (C=O) groups is 2. The third-order valence-electron chi connectivity index (χ3n) is 3.32. The molecule has 108 valence electrons.